The van der Waals surface area contributed by atoms with Gasteiger partial charge in [0.25, 0.3) is 5.91 Å². The molecular weight excluding hydrogens is 164 g/mol. The lowest BCUT2D eigenvalue weighted by Gasteiger charge is -2.07. The first-order chi connectivity index (χ1) is 6.11. The molecule has 1 aliphatic rings. The number of carbonyl (C=O) groups is 1. The van der Waals surface area contributed by atoms with Gasteiger partial charge in [0.2, 0.25) is 0 Å². The summed E-state index contributed by atoms with van der Waals surface area (Å²) in [5.74, 6) is 0.0168. The molecule has 2 heterocycles. The number of carbonyl (C=O) groups excluding carboxylic acids is 1. The van der Waals surface area contributed by atoms with E-state index >= 15 is 0 Å². The average molecular weight is 176 g/mol. The molecule has 1 aliphatic heterocycles. The monoisotopic (exact) mass is 176 g/mol. The number of rotatable bonds is 0. The molecule has 0 aromatic carbocycles. The van der Waals surface area contributed by atoms with Crippen molar-refractivity contribution in [2.24, 2.45) is 0 Å². The Morgan fingerprint density at radius 2 is 1.92 bits per heavy atom. The van der Waals surface area contributed by atoms with Crippen LogP contribution in [0.2, 0.25) is 0 Å². The number of nitrogens with zero attached hydrogens (tertiary/aromatic N) is 1. The molecule has 0 radical (unpaired) electrons. The van der Waals surface area contributed by atoms with E-state index < -0.39 is 0 Å². The number of amides is 1. The lowest BCUT2D eigenvalue weighted by atomic mass is 10.0. The van der Waals surface area contributed by atoms with E-state index in [1.54, 1.807) is 0 Å². The van der Waals surface area contributed by atoms with Gasteiger partial charge in [0.1, 0.15) is 0 Å². The van der Waals surface area contributed by atoms with Crippen molar-refractivity contribution in [1.82, 2.24) is 10.3 Å². The van der Waals surface area contributed by atoms with Crippen LogP contribution in [0.15, 0.2) is 0 Å². The minimum absolute atomic E-state index is 0.0168. The van der Waals surface area contributed by atoms with Gasteiger partial charge in [-0.1, -0.05) is 0 Å². The second kappa shape index (κ2) is 2.55. The number of fused-ring (bicyclic) bond motifs is 1. The second-order valence-electron chi connectivity index (χ2n) is 3.45. The smallest absolute Gasteiger partial charge is 0.253 e. The zero-order valence-electron chi connectivity index (χ0n) is 8.06. The third kappa shape index (κ3) is 1.03. The third-order valence-electron chi connectivity index (χ3n) is 2.71. The summed E-state index contributed by atoms with van der Waals surface area (Å²) in [6.07, 6.45) is 0. The molecule has 3 heteroatoms. The highest BCUT2D eigenvalue weighted by Crippen LogP contribution is 2.22. The topological polar surface area (TPSA) is 42.0 Å². The lowest BCUT2D eigenvalue weighted by molar-refractivity contribution is 0.0965. The molecule has 1 aromatic heterocycles. The first-order valence-corrected chi connectivity index (χ1v) is 4.36. The van der Waals surface area contributed by atoms with Crippen LogP contribution in [0.5, 0.6) is 0 Å². The number of aromatic nitrogens is 1. The lowest BCUT2D eigenvalue weighted by Crippen LogP contribution is -2.13. The molecule has 0 fully saturated rings. The van der Waals surface area contributed by atoms with E-state index in [4.69, 9.17) is 0 Å². The maximum atomic E-state index is 11.4. The predicted octanol–water partition coefficient (Wildman–Crippen LogP) is 1.25. The van der Waals surface area contributed by atoms with Crippen molar-refractivity contribution in [1.29, 1.82) is 0 Å². The largest absolute Gasteiger partial charge is 0.346 e. The highest BCUT2D eigenvalue weighted by atomic mass is 16.1. The fourth-order valence-corrected chi connectivity index (χ4v) is 1.70. The summed E-state index contributed by atoms with van der Waals surface area (Å²) in [6.45, 7) is 6.54. The number of aryl methyl sites for hydroxylation is 1. The van der Waals surface area contributed by atoms with Crippen molar-refractivity contribution in [3.05, 3.63) is 28.1 Å². The van der Waals surface area contributed by atoms with Crippen molar-refractivity contribution in [3.8, 4) is 0 Å². The molecule has 1 amide bonds. The number of pyridine rings is 1. The summed E-state index contributed by atoms with van der Waals surface area (Å²) < 4.78 is 0. The first kappa shape index (κ1) is 8.23. The van der Waals surface area contributed by atoms with Crippen molar-refractivity contribution in [3.63, 3.8) is 0 Å². The summed E-state index contributed by atoms with van der Waals surface area (Å²) in [4.78, 5) is 15.8. The van der Waals surface area contributed by atoms with Crippen LogP contribution >= 0.6 is 0 Å². The molecule has 0 atom stereocenters. The van der Waals surface area contributed by atoms with E-state index in [1.165, 1.54) is 0 Å². The van der Waals surface area contributed by atoms with Gasteiger partial charge in [-0.15, -0.1) is 0 Å². The maximum Gasteiger partial charge on any atom is 0.253 e. The molecule has 2 rings (SSSR count). The predicted molar refractivity (Wildman–Crippen MR) is 49.6 cm³/mol. The number of hydrogen-bond acceptors (Lipinski definition) is 2. The molecule has 0 spiro atoms. The number of hydrogen-bond donors (Lipinski definition) is 1. The molecular formula is C10H12N2O. The maximum absolute atomic E-state index is 11.4. The minimum atomic E-state index is 0.0168. The van der Waals surface area contributed by atoms with Crippen LogP contribution in [-0.2, 0) is 6.54 Å². The van der Waals surface area contributed by atoms with Gasteiger partial charge in [0.05, 0.1) is 17.8 Å². The quantitative estimate of drug-likeness (QED) is 0.646. The Bertz CT molecular complexity index is 396. The summed E-state index contributed by atoms with van der Waals surface area (Å²) in [6, 6.07) is 0. The Kier molecular flexibility index (Phi) is 1.62. The SMILES string of the molecule is Cc1nc2c(c(C)c1C)C(=O)NC2. The zero-order valence-corrected chi connectivity index (χ0v) is 8.06. The summed E-state index contributed by atoms with van der Waals surface area (Å²) in [5.41, 5.74) is 4.88. The fourth-order valence-electron chi connectivity index (χ4n) is 1.70. The van der Waals surface area contributed by atoms with Gasteiger partial charge in [-0.2, -0.15) is 0 Å². The van der Waals surface area contributed by atoms with Crippen LogP contribution in [0.3, 0.4) is 0 Å². The van der Waals surface area contributed by atoms with Crippen LogP contribution in [0, 0.1) is 20.8 Å². The fraction of sp³-hybridized carbons (Fsp3) is 0.400. The van der Waals surface area contributed by atoms with Gasteiger partial charge >= 0.3 is 0 Å². The third-order valence-corrected chi connectivity index (χ3v) is 2.71. The molecule has 68 valence electrons. The standard InChI is InChI=1S/C10H12N2O/c1-5-6(2)9-8(12-7(5)3)4-11-10(9)13/h4H2,1-3H3,(H,11,13). The molecule has 0 aliphatic carbocycles. The first-order valence-electron chi connectivity index (χ1n) is 4.36. The normalized spacial score (nSPS) is 14.2. The van der Waals surface area contributed by atoms with Crippen molar-refractivity contribution in [2.75, 3.05) is 0 Å². The van der Waals surface area contributed by atoms with E-state index in [9.17, 15) is 4.79 Å². The second-order valence-corrected chi connectivity index (χ2v) is 3.45. The van der Waals surface area contributed by atoms with Crippen LogP contribution in [-0.4, -0.2) is 10.9 Å². The van der Waals surface area contributed by atoms with Crippen molar-refractivity contribution in [2.45, 2.75) is 27.3 Å². The van der Waals surface area contributed by atoms with Gasteiger partial charge in [-0.25, -0.2) is 0 Å². The summed E-state index contributed by atoms with van der Waals surface area (Å²) in [5, 5.41) is 2.78. The molecule has 0 saturated carbocycles. The Morgan fingerprint density at radius 3 is 2.62 bits per heavy atom. The highest BCUT2D eigenvalue weighted by molar-refractivity contribution is 5.99. The van der Waals surface area contributed by atoms with E-state index in [0.29, 0.717) is 6.54 Å². The Morgan fingerprint density at radius 1 is 1.23 bits per heavy atom. The molecule has 1 aromatic rings. The van der Waals surface area contributed by atoms with Gasteiger partial charge in [0.15, 0.2) is 0 Å². The molecule has 1 N–H and O–H groups in total. The number of nitrogens with one attached hydrogen (secondary N) is 1. The molecule has 3 nitrogen and oxygen atoms in total. The van der Waals surface area contributed by atoms with E-state index in [2.05, 4.69) is 10.3 Å². The Hall–Kier alpha value is -1.38. The zero-order chi connectivity index (χ0) is 9.59. The summed E-state index contributed by atoms with van der Waals surface area (Å²) >= 11 is 0. The molecule has 0 unspecified atom stereocenters. The highest BCUT2D eigenvalue weighted by Gasteiger charge is 2.23. The van der Waals surface area contributed by atoms with E-state index in [-0.39, 0.29) is 5.91 Å². The van der Waals surface area contributed by atoms with Crippen LogP contribution in [0.1, 0.15) is 32.9 Å². The van der Waals surface area contributed by atoms with Gasteiger partial charge < -0.3 is 5.32 Å². The molecule has 0 bridgehead atoms. The molecule has 13 heavy (non-hydrogen) atoms. The molecule has 0 saturated heterocycles. The Balaban J connectivity index is 2.75. The van der Waals surface area contributed by atoms with Gasteiger partial charge in [-0.05, 0) is 31.9 Å². The van der Waals surface area contributed by atoms with E-state index in [1.807, 2.05) is 20.8 Å². The minimum Gasteiger partial charge on any atom is -0.346 e. The average Bonchev–Trinajstić information content (AvgIpc) is 2.43. The summed E-state index contributed by atoms with van der Waals surface area (Å²) in [7, 11) is 0. The van der Waals surface area contributed by atoms with Gasteiger partial charge in [0, 0.05) is 5.69 Å². The van der Waals surface area contributed by atoms with Crippen molar-refractivity contribution >= 4 is 5.91 Å². The van der Waals surface area contributed by atoms with Crippen molar-refractivity contribution < 1.29 is 4.79 Å². The van der Waals surface area contributed by atoms with Crippen LogP contribution < -0.4 is 5.32 Å². The van der Waals surface area contributed by atoms with Gasteiger partial charge in [-0.3, -0.25) is 9.78 Å². The van der Waals surface area contributed by atoms with Crippen LogP contribution in [0.4, 0.5) is 0 Å². The Labute approximate surface area is 77.2 Å². The van der Waals surface area contributed by atoms with Crippen LogP contribution in [0.25, 0.3) is 0 Å². The van der Waals surface area contributed by atoms with E-state index in [0.717, 1.165) is 28.1 Å².